The quantitative estimate of drug-likeness (QED) is 0.671. The molecule has 2 rings (SSSR count). The lowest BCUT2D eigenvalue weighted by molar-refractivity contribution is 0.576. The molecule has 0 aliphatic rings. The lowest BCUT2D eigenvalue weighted by Crippen LogP contribution is -1.78. The van der Waals surface area contributed by atoms with Crippen LogP contribution in [-0.2, 0) is 0 Å². The van der Waals surface area contributed by atoms with Gasteiger partial charge in [0.2, 0.25) is 0 Å². The van der Waals surface area contributed by atoms with Crippen LogP contribution >= 0.6 is 0 Å². The van der Waals surface area contributed by atoms with Crippen molar-refractivity contribution in [1.82, 2.24) is 9.97 Å². The van der Waals surface area contributed by atoms with Crippen LogP contribution in [0, 0.1) is 6.92 Å². The van der Waals surface area contributed by atoms with Gasteiger partial charge in [-0.3, -0.25) is 0 Å². The van der Waals surface area contributed by atoms with Crippen LogP contribution in [0.4, 0.5) is 0 Å². The van der Waals surface area contributed by atoms with Crippen molar-refractivity contribution < 1.29 is 4.42 Å². The molecule has 3 nitrogen and oxygen atoms in total. The van der Waals surface area contributed by atoms with E-state index in [1.54, 1.807) is 18.7 Å². The highest BCUT2D eigenvalue weighted by atomic mass is 16.3. The molecule has 0 amide bonds. The molecule has 2 aromatic rings. The van der Waals surface area contributed by atoms with Gasteiger partial charge in [-0.25, -0.2) is 4.98 Å². The number of nitrogens with zero attached hydrogens (tertiary/aromatic N) is 1. The SMILES string of the molecule is Cc1ccoc1-c1ncc[nH]1. The first-order chi connectivity index (χ1) is 5.38. The second-order valence-electron chi connectivity index (χ2n) is 2.37. The molecule has 11 heavy (non-hydrogen) atoms. The maximum atomic E-state index is 5.21. The molecule has 0 atom stereocenters. The zero-order chi connectivity index (χ0) is 7.68. The Morgan fingerprint density at radius 1 is 1.55 bits per heavy atom. The third kappa shape index (κ3) is 0.941. The van der Waals surface area contributed by atoms with Crippen molar-refractivity contribution in [3.8, 4) is 11.6 Å². The summed E-state index contributed by atoms with van der Waals surface area (Å²) in [6.07, 6.45) is 5.14. The van der Waals surface area contributed by atoms with Crippen molar-refractivity contribution in [3.63, 3.8) is 0 Å². The molecule has 0 saturated carbocycles. The van der Waals surface area contributed by atoms with Gasteiger partial charge in [0.1, 0.15) is 0 Å². The predicted octanol–water partition coefficient (Wildman–Crippen LogP) is 1.98. The largest absolute Gasteiger partial charge is 0.461 e. The van der Waals surface area contributed by atoms with Crippen LogP contribution in [0.15, 0.2) is 29.1 Å². The monoisotopic (exact) mass is 148 g/mol. The lowest BCUT2D eigenvalue weighted by Gasteiger charge is -1.90. The van der Waals surface area contributed by atoms with Gasteiger partial charge in [-0.15, -0.1) is 0 Å². The summed E-state index contributed by atoms with van der Waals surface area (Å²) in [6.45, 7) is 1.99. The molecular weight excluding hydrogens is 140 g/mol. The number of H-pyrrole nitrogens is 1. The van der Waals surface area contributed by atoms with Gasteiger partial charge in [0.05, 0.1) is 6.26 Å². The highest BCUT2D eigenvalue weighted by Crippen LogP contribution is 2.19. The van der Waals surface area contributed by atoms with Crippen LogP contribution in [-0.4, -0.2) is 9.97 Å². The maximum Gasteiger partial charge on any atom is 0.173 e. The topological polar surface area (TPSA) is 41.8 Å². The summed E-state index contributed by atoms with van der Waals surface area (Å²) in [6, 6.07) is 1.91. The Labute approximate surface area is 64.1 Å². The zero-order valence-electron chi connectivity index (χ0n) is 6.16. The minimum Gasteiger partial charge on any atom is -0.461 e. The van der Waals surface area contributed by atoms with Crippen LogP contribution in [0.3, 0.4) is 0 Å². The van der Waals surface area contributed by atoms with E-state index >= 15 is 0 Å². The van der Waals surface area contributed by atoms with Gasteiger partial charge in [0, 0.05) is 12.4 Å². The van der Waals surface area contributed by atoms with Crippen LogP contribution in [0.5, 0.6) is 0 Å². The highest BCUT2D eigenvalue weighted by Gasteiger charge is 2.05. The lowest BCUT2D eigenvalue weighted by atomic mass is 10.3. The summed E-state index contributed by atoms with van der Waals surface area (Å²) in [5.74, 6) is 1.60. The Morgan fingerprint density at radius 2 is 2.45 bits per heavy atom. The second-order valence-corrected chi connectivity index (χ2v) is 2.37. The van der Waals surface area contributed by atoms with Gasteiger partial charge in [-0.2, -0.15) is 0 Å². The first-order valence-electron chi connectivity index (χ1n) is 3.42. The summed E-state index contributed by atoms with van der Waals surface area (Å²) >= 11 is 0. The minimum absolute atomic E-state index is 0.785. The Balaban J connectivity index is 2.53. The van der Waals surface area contributed by atoms with E-state index in [1.807, 2.05) is 13.0 Å². The maximum absolute atomic E-state index is 5.21. The molecule has 0 radical (unpaired) electrons. The number of rotatable bonds is 1. The highest BCUT2D eigenvalue weighted by molar-refractivity contribution is 5.51. The van der Waals surface area contributed by atoms with E-state index in [4.69, 9.17) is 4.42 Å². The normalized spacial score (nSPS) is 10.3. The molecule has 1 N–H and O–H groups in total. The summed E-state index contributed by atoms with van der Waals surface area (Å²) < 4.78 is 5.21. The molecule has 0 aromatic carbocycles. The molecule has 0 bridgehead atoms. The number of nitrogens with one attached hydrogen (secondary N) is 1. The van der Waals surface area contributed by atoms with E-state index in [0.29, 0.717) is 0 Å². The number of hydrogen-bond acceptors (Lipinski definition) is 2. The predicted molar refractivity (Wildman–Crippen MR) is 41.0 cm³/mol. The molecule has 0 unspecified atom stereocenters. The number of aromatic amines is 1. The van der Waals surface area contributed by atoms with Gasteiger partial charge < -0.3 is 9.40 Å². The summed E-state index contributed by atoms with van der Waals surface area (Å²) in [5, 5.41) is 0. The molecule has 0 saturated heterocycles. The van der Waals surface area contributed by atoms with Gasteiger partial charge in [-0.05, 0) is 18.6 Å². The Bertz CT molecular complexity index is 335. The average Bonchev–Trinajstić information content (AvgIpc) is 2.55. The van der Waals surface area contributed by atoms with E-state index in [0.717, 1.165) is 17.1 Å². The van der Waals surface area contributed by atoms with Crippen molar-refractivity contribution in [2.24, 2.45) is 0 Å². The molecular formula is C8H8N2O. The zero-order valence-corrected chi connectivity index (χ0v) is 6.16. The summed E-state index contributed by atoms with van der Waals surface area (Å²) in [7, 11) is 0. The first-order valence-corrected chi connectivity index (χ1v) is 3.42. The number of aromatic nitrogens is 2. The smallest absolute Gasteiger partial charge is 0.173 e. The Kier molecular flexibility index (Phi) is 1.28. The molecule has 2 aromatic heterocycles. The average molecular weight is 148 g/mol. The third-order valence-electron chi connectivity index (χ3n) is 1.58. The third-order valence-corrected chi connectivity index (χ3v) is 1.58. The van der Waals surface area contributed by atoms with Crippen LogP contribution in [0.2, 0.25) is 0 Å². The van der Waals surface area contributed by atoms with Crippen molar-refractivity contribution in [3.05, 3.63) is 30.3 Å². The molecule has 0 aliphatic heterocycles. The van der Waals surface area contributed by atoms with Crippen molar-refractivity contribution in [1.29, 1.82) is 0 Å². The van der Waals surface area contributed by atoms with Gasteiger partial charge >= 0.3 is 0 Å². The van der Waals surface area contributed by atoms with Crippen LogP contribution in [0.25, 0.3) is 11.6 Å². The van der Waals surface area contributed by atoms with E-state index < -0.39 is 0 Å². The van der Waals surface area contributed by atoms with E-state index in [9.17, 15) is 0 Å². The number of furan rings is 1. The van der Waals surface area contributed by atoms with E-state index in [-0.39, 0.29) is 0 Å². The molecule has 0 aliphatic carbocycles. The van der Waals surface area contributed by atoms with Gasteiger partial charge in [0.25, 0.3) is 0 Å². The minimum atomic E-state index is 0.785. The van der Waals surface area contributed by atoms with Gasteiger partial charge in [0.15, 0.2) is 11.6 Å². The number of aryl methyl sites for hydroxylation is 1. The molecule has 3 heteroatoms. The number of hydrogen-bond donors (Lipinski definition) is 1. The summed E-state index contributed by atoms with van der Waals surface area (Å²) in [5.41, 5.74) is 1.10. The Hall–Kier alpha value is -1.51. The molecule has 0 spiro atoms. The number of imidazole rings is 1. The fourth-order valence-corrected chi connectivity index (χ4v) is 1.00. The van der Waals surface area contributed by atoms with Gasteiger partial charge in [-0.1, -0.05) is 0 Å². The van der Waals surface area contributed by atoms with E-state index in [1.165, 1.54) is 0 Å². The fraction of sp³-hybridized carbons (Fsp3) is 0.125. The second kappa shape index (κ2) is 2.27. The van der Waals surface area contributed by atoms with Crippen LogP contribution < -0.4 is 0 Å². The first kappa shape index (κ1) is 6.22. The van der Waals surface area contributed by atoms with E-state index in [2.05, 4.69) is 9.97 Å². The fourth-order valence-electron chi connectivity index (χ4n) is 1.00. The molecule has 2 heterocycles. The summed E-state index contributed by atoms with van der Waals surface area (Å²) in [4.78, 5) is 7.05. The van der Waals surface area contributed by atoms with Crippen molar-refractivity contribution >= 4 is 0 Å². The van der Waals surface area contributed by atoms with Crippen LogP contribution in [0.1, 0.15) is 5.56 Å². The molecule has 0 fully saturated rings. The van der Waals surface area contributed by atoms with Crippen molar-refractivity contribution in [2.75, 3.05) is 0 Å². The molecule has 56 valence electrons. The Morgan fingerprint density at radius 3 is 3.00 bits per heavy atom. The standard InChI is InChI=1S/C8H8N2O/c1-6-2-5-11-7(6)8-9-3-4-10-8/h2-5H,1H3,(H,9,10). The van der Waals surface area contributed by atoms with Crippen molar-refractivity contribution in [2.45, 2.75) is 6.92 Å².